The second kappa shape index (κ2) is 7.62. The molecule has 0 bridgehead atoms. The van der Waals surface area contributed by atoms with E-state index in [1.807, 2.05) is 18.2 Å². The average Bonchev–Trinajstić information content (AvgIpc) is 3.10. The van der Waals surface area contributed by atoms with Gasteiger partial charge in [-0.3, -0.25) is 0 Å². The molecule has 2 aromatic rings. The maximum Gasteiger partial charge on any atom is 0.124 e. The molecule has 0 radical (unpaired) electrons. The Morgan fingerprint density at radius 1 is 1.11 bits per heavy atom. The van der Waals surface area contributed by atoms with Gasteiger partial charge in [0.15, 0.2) is 0 Å². The molecular weight excluding hydrogens is 365 g/mol. The van der Waals surface area contributed by atoms with E-state index in [1.165, 1.54) is 17.3 Å². The molecule has 1 heterocycles. The molecule has 1 aliphatic carbocycles. The Labute approximate surface area is 162 Å². The van der Waals surface area contributed by atoms with E-state index >= 15 is 0 Å². The van der Waals surface area contributed by atoms with Gasteiger partial charge in [0.05, 0.1) is 11.3 Å². The summed E-state index contributed by atoms with van der Waals surface area (Å²) in [7, 11) is 1.68. The third-order valence-corrected chi connectivity index (χ3v) is 6.42. The smallest absolute Gasteiger partial charge is 0.124 e. The highest BCUT2D eigenvalue weighted by Gasteiger charge is 2.35. The lowest BCUT2D eigenvalue weighted by molar-refractivity contribution is -0.0950. The molecule has 4 rings (SSSR count). The Morgan fingerprint density at radius 2 is 1.93 bits per heavy atom. The first-order valence-electron chi connectivity index (χ1n) is 9.09. The van der Waals surface area contributed by atoms with Crippen LogP contribution in [0, 0.1) is 5.82 Å². The summed E-state index contributed by atoms with van der Waals surface area (Å²) in [5, 5.41) is 12.4. The van der Waals surface area contributed by atoms with Crippen LogP contribution >= 0.6 is 11.8 Å². The standard InChI is InChI=1S/C21H22FNO3S/c1-25-21(6-8-26-9-7-21)15-11-16(22)13-18(12-15)27-17-3-4-19-14(10-17)2-5-20(19)23-24/h3-4,10-13,24H,2,5-9H2,1H3/b23-20-. The van der Waals surface area contributed by atoms with E-state index in [9.17, 15) is 4.39 Å². The number of nitrogens with zero attached hydrogens (tertiary/aromatic N) is 1. The normalized spacial score (nSPS) is 20.0. The van der Waals surface area contributed by atoms with Crippen LogP contribution in [0.5, 0.6) is 0 Å². The molecule has 0 unspecified atom stereocenters. The zero-order valence-electron chi connectivity index (χ0n) is 15.2. The molecule has 142 valence electrons. The quantitative estimate of drug-likeness (QED) is 0.607. The first kappa shape index (κ1) is 18.5. The molecule has 0 aromatic heterocycles. The van der Waals surface area contributed by atoms with Crippen molar-refractivity contribution in [3.63, 3.8) is 0 Å². The Balaban J connectivity index is 1.63. The van der Waals surface area contributed by atoms with E-state index in [4.69, 9.17) is 14.7 Å². The lowest BCUT2D eigenvalue weighted by atomic mass is 9.86. The molecule has 1 saturated heterocycles. The third-order valence-electron chi connectivity index (χ3n) is 5.46. The molecule has 6 heteroatoms. The number of rotatable bonds is 4. The number of methoxy groups -OCH3 is 1. The van der Waals surface area contributed by atoms with Crippen LogP contribution in [0.4, 0.5) is 4.39 Å². The van der Waals surface area contributed by atoms with Crippen molar-refractivity contribution >= 4 is 17.5 Å². The molecule has 2 aromatic carbocycles. The molecule has 0 saturated carbocycles. The predicted molar refractivity (Wildman–Crippen MR) is 102 cm³/mol. The van der Waals surface area contributed by atoms with E-state index < -0.39 is 5.60 Å². The van der Waals surface area contributed by atoms with Crippen molar-refractivity contribution in [2.24, 2.45) is 5.16 Å². The molecule has 0 spiro atoms. The van der Waals surface area contributed by atoms with Crippen LogP contribution in [-0.4, -0.2) is 31.2 Å². The van der Waals surface area contributed by atoms with Crippen molar-refractivity contribution < 1.29 is 19.1 Å². The summed E-state index contributed by atoms with van der Waals surface area (Å²) in [6, 6.07) is 11.2. The number of ether oxygens (including phenoxy) is 2. The maximum absolute atomic E-state index is 14.4. The molecule has 2 aliphatic rings. The SMILES string of the molecule is COC1(c2cc(F)cc(Sc3ccc4c(c3)CC/C4=N/O)c2)CCOCC1. The fourth-order valence-corrected chi connectivity index (χ4v) is 4.91. The summed E-state index contributed by atoms with van der Waals surface area (Å²) in [6.45, 7) is 1.23. The minimum atomic E-state index is -0.486. The van der Waals surface area contributed by atoms with Gasteiger partial charge in [0.1, 0.15) is 5.82 Å². The molecule has 4 nitrogen and oxygen atoms in total. The summed E-state index contributed by atoms with van der Waals surface area (Å²) in [5.74, 6) is -0.256. The lowest BCUT2D eigenvalue weighted by Gasteiger charge is -2.36. The first-order valence-corrected chi connectivity index (χ1v) is 9.91. The summed E-state index contributed by atoms with van der Waals surface area (Å²) in [6.07, 6.45) is 3.06. The van der Waals surface area contributed by atoms with Crippen LogP contribution in [0.1, 0.15) is 36.0 Å². The van der Waals surface area contributed by atoms with Gasteiger partial charge in [0.2, 0.25) is 0 Å². The second-order valence-electron chi connectivity index (χ2n) is 6.95. The van der Waals surface area contributed by atoms with E-state index in [2.05, 4.69) is 11.2 Å². The van der Waals surface area contributed by atoms with Crippen LogP contribution in [-0.2, 0) is 21.5 Å². The zero-order chi connectivity index (χ0) is 18.9. The first-order chi connectivity index (χ1) is 13.1. The Kier molecular flexibility index (Phi) is 5.21. The van der Waals surface area contributed by atoms with E-state index in [0.717, 1.165) is 52.3 Å². The van der Waals surface area contributed by atoms with Crippen LogP contribution < -0.4 is 0 Å². The summed E-state index contributed by atoms with van der Waals surface area (Å²) >= 11 is 1.53. The van der Waals surface area contributed by atoms with Crippen molar-refractivity contribution in [1.29, 1.82) is 0 Å². The van der Waals surface area contributed by atoms with Crippen LogP contribution in [0.15, 0.2) is 51.3 Å². The number of hydrogen-bond acceptors (Lipinski definition) is 5. The van der Waals surface area contributed by atoms with Crippen LogP contribution in [0.3, 0.4) is 0 Å². The van der Waals surface area contributed by atoms with E-state index in [1.54, 1.807) is 19.2 Å². The number of fused-ring (bicyclic) bond motifs is 1. The van der Waals surface area contributed by atoms with Gasteiger partial charge in [0, 0.05) is 48.5 Å². The van der Waals surface area contributed by atoms with E-state index in [0.29, 0.717) is 13.2 Å². The second-order valence-corrected chi connectivity index (χ2v) is 8.10. The van der Waals surface area contributed by atoms with Gasteiger partial charge >= 0.3 is 0 Å². The van der Waals surface area contributed by atoms with Crippen molar-refractivity contribution in [3.05, 3.63) is 58.9 Å². The number of benzene rings is 2. The summed E-state index contributed by atoms with van der Waals surface area (Å²) in [5.41, 5.74) is 3.28. The van der Waals surface area contributed by atoms with Gasteiger partial charge in [-0.25, -0.2) is 4.39 Å². The summed E-state index contributed by atoms with van der Waals surface area (Å²) in [4.78, 5) is 1.89. The van der Waals surface area contributed by atoms with Gasteiger partial charge in [-0.1, -0.05) is 23.0 Å². The predicted octanol–water partition coefficient (Wildman–Crippen LogP) is 4.75. The molecule has 1 aliphatic heterocycles. The number of oxime groups is 1. The average molecular weight is 387 g/mol. The monoisotopic (exact) mass is 387 g/mol. The fourth-order valence-electron chi connectivity index (χ4n) is 3.95. The minimum Gasteiger partial charge on any atom is -0.411 e. The van der Waals surface area contributed by atoms with Crippen molar-refractivity contribution in [2.75, 3.05) is 20.3 Å². The van der Waals surface area contributed by atoms with Gasteiger partial charge in [-0.05, 0) is 54.3 Å². The Morgan fingerprint density at radius 3 is 2.67 bits per heavy atom. The van der Waals surface area contributed by atoms with Gasteiger partial charge in [-0.15, -0.1) is 0 Å². The minimum absolute atomic E-state index is 0.256. The topological polar surface area (TPSA) is 51.0 Å². The Hall–Kier alpha value is -1.89. The highest BCUT2D eigenvalue weighted by atomic mass is 32.2. The van der Waals surface area contributed by atoms with Crippen LogP contribution in [0.25, 0.3) is 0 Å². The summed E-state index contributed by atoms with van der Waals surface area (Å²) < 4.78 is 25.6. The van der Waals surface area contributed by atoms with Gasteiger partial charge in [-0.2, -0.15) is 0 Å². The largest absolute Gasteiger partial charge is 0.411 e. The van der Waals surface area contributed by atoms with Crippen LogP contribution in [0.2, 0.25) is 0 Å². The van der Waals surface area contributed by atoms with Crippen molar-refractivity contribution in [2.45, 2.75) is 41.1 Å². The number of hydrogen-bond donors (Lipinski definition) is 1. The molecule has 1 N–H and O–H groups in total. The van der Waals surface area contributed by atoms with E-state index in [-0.39, 0.29) is 5.82 Å². The molecule has 0 atom stereocenters. The third kappa shape index (κ3) is 3.61. The van der Waals surface area contributed by atoms with Crippen molar-refractivity contribution in [1.82, 2.24) is 0 Å². The molecule has 0 amide bonds. The highest BCUT2D eigenvalue weighted by molar-refractivity contribution is 7.99. The fraction of sp³-hybridized carbons (Fsp3) is 0.381. The van der Waals surface area contributed by atoms with Gasteiger partial charge < -0.3 is 14.7 Å². The Bertz CT molecular complexity index is 878. The lowest BCUT2D eigenvalue weighted by Crippen LogP contribution is -2.35. The molecule has 27 heavy (non-hydrogen) atoms. The molecular formula is C21H22FNO3S. The zero-order valence-corrected chi connectivity index (χ0v) is 16.0. The van der Waals surface area contributed by atoms with Crippen molar-refractivity contribution in [3.8, 4) is 0 Å². The van der Waals surface area contributed by atoms with Gasteiger partial charge in [0.25, 0.3) is 0 Å². The number of aryl methyl sites for hydroxylation is 1. The molecule has 1 fully saturated rings. The number of halogens is 1. The highest BCUT2D eigenvalue weighted by Crippen LogP contribution is 2.39. The maximum atomic E-state index is 14.4.